The van der Waals surface area contributed by atoms with Crippen molar-refractivity contribution in [1.29, 1.82) is 0 Å². The van der Waals surface area contributed by atoms with Crippen LogP contribution in [0.25, 0.3) is 0 Å². The summed E-state index contributed by atoms with van der Waals surface area (Å²) in [6.45, 7) is 0. The van der Waals surface area contributed by atoms with E-state index in [1.165, 1.54) is 0 Å². The monoisotopic (exact) mass is 245 g/mol. The van der Waals surface area contributed by atoms with Crippen LogP contribution in [-0.2, 0) is 16.0 Å². The third-order valence-electron chi connectivity index (χ3n) is 3.62. The zero-order valence-corrected chi connectivity index (χ0v) is 10.2. The van der Waals surface area contributed by atoms with Crippen LogP contribution < -0.4 is 16.0 Å². The van der Waals surface area contributed by atoms with Crippen LogP contribution in [0.5, 0.6) is 0 Å². The molecule has 0 unspecified atom stereocenters. The number of carbonyl (C=O) groups is 2. The Morgan fingerprint density at radius 2 is 2.17 bits per heavy atom. The Morgan fingerprint density at radius 3 is 2.83 bits per heavy atom. The topological polar surface area (TPSA) is 75.4 Å². The van der Waals surface area contributed by atoms with Crippen molar-refractivity contribution in [2.45, 2.75) is 24.8 Å². The van der Waals surface area contributed by atoms with Crippen molar-refractivity contribution < 1.29 is 9.59 Å². The normalized spacial score (nSPS) is 19.1. The molecule has 94 valence electrons. The lowest BCUT2D eigenvalue weighted by molar-refractivity contribution is -0.120. The minimum absolute atomic E-state index is 0.00591. The molecule has 5 heteroatoms. The number of nitrogens with zero attached hydrogens (tertiary/aromatic N) is 1. The van der Waals surface area contributed by atoms with Gasteiger partial charge in [-0.2, -0.15) is 0 Å². The van der Waals surface area contributed by atoms with Gasteiger partial charge in [0.15, 0.2) is 0 Å². The van der Waals surface area contributed by atoms with Crippen LogP contribution in [0.2, 0.25) is 0 Å². The van der Waals surface area contributed by atoms with E-state index in [1.54, 1.807) is 11.9 Å². The van der Waals surface area contributed by atoms with Gasteiger partial charge in [0.25, 0.3) is 0 Å². The minimum atomic E-state index is -0.665. The highest BCUT2D eigenvalue weighted by Crippen LogP contribution is 2.36. The molecule has 0 aromatic heterocycles. The number of nitrogens with two attached hydrogens (primary N) is 1. The quantitative estimate of drug-likeness (QED) is 0.802. The van der Waals surface area contributed by atoms with Gasteiger partial charge in [0.1, 0.15) is 0 Å². The molecule has 18 heavy (non-hydrogen) atoms. The molecular formula is C13H15N3O2. The van der Waals surface area contributed by atoms with E-state index in [0.717, 1.165) is 29.8 Å². The molecule has 2 aliphatic rings. The number of carbonyl (C=O) groups excluding carboxylic acids is 2. The van der Waals surface area contributed by atoms with E-state index >= 15 is 0 Å². The highest BCUT2D eigenvalue weighted by atomic mass is 16.2. The van der Waals surface area contributed by atoms with Gasteiger partial charge in [0.2, 0.25) is 11.8 Å². The summed E-state index contributed by atoms with van der Waals surface area (Å²) < 4.78 is 0. The average Bonchev–Trinajstić information content (AvgIpc) is 2.98. The van der Waals surface area contributed by atoms with Crippen molar-refractivity contribution in [3.63, 3.8) is 0 Å². The summed E-state index contributed by atoms with van der Waals surface area (Å²) in [6, 6.07) is 5.53. The van der Waals surface area contributed by atoms with E-state index in [0.29, 0.717) is 6.42 Å². The summed E-state index contributed by atoms with van der Waals surface area (Å²) in [7, 11) is 1.72. The Morgan fingerprint density at radius 1 is 1.44 bits per heavy atom. The molecule has 0 bridgehead atoms. The van der Waals surface area contributed by atoms with Crippen molar-refractivity contribution in [3.05, 3.63) is 23.8 Å². The lowest BCUT2D eigenvalue weighted by atomic mass is 10.1. The van der Waals surface area contributed by atoms with Crippen LogP contribution in [0.1, 0.15) is 18.4 Å². The second kappa shape index (κ2) is 3.55. The Hall–Kier alpha value is -1.88. The third kappa shape index (κ3) is 1.67. The summed E-state index contributed by atoms with van der Waals surface area (Å²) in [5.41, 5.74) is 7.79. The molecule has 3 N–H and O–H groups in total. The SMILES string of the molecule is CN(C(=O)C1(N)CC1)c1ccc2c(c1)CC(=O)N2. The molecule has 0 spiro atoms. The lowest BCUT2D eigenvalue weighted by Gasteiger charge is -2.21. The van der Waals surface area contributed by atoms with Crippen molar-refractivity contribution in [3.8, 4) is 0 Å². The van der Waals surface area contributed by atoms with Gasteiger partial charge >= 0.3 is 0 Å². The summed E-state index contributed by atoms with van der Waals surface area (Å²) in [6.07, 6.45) is 1.88. The fraction of sp³-hybridized carbons (Fsp3) is 0.385. The standard InChI is InChI=1S/C13H15N3O2/c1-16(12(18)13(14)4-5-13)9-2-3-10-8(6-9)7-11(17)15-10/h2-3,6H,4-5,7,14H2,1H3,(H,15,17). The van der Waals surface area contributed by atoms with Crippen LogP contribution in [0.4, 0.5) is 11.4 Å². The molecule has 1 saturated carbocycles. The Balaban J connectivity index is 1.87. The Kier molecular flexibility index (Phi) is 2.22. The van der Waals surface area contributed by atoms with Gasteiger partial charge in [-0.3, -0.25) is 9.59 Å². The third-order valence-corrected chi connectivity index (χ3v) is 3.62. The first kappa shape index (κ1) is 11.2. The maximum absolute atomic E-state index is 12.1. The van der Waals surface area contributed by atoms with Gasteiger partial charge in [-0.05, 0) is 36.6 Å². The number of fused-ring (bicyclic) bond motifs is 1. The van der Waals surface area contributed by atoms with E-state index in [1.807, 2.05) is 18.2 Å². The van der Waals surface area contributed by atoms with Crippen molar-refractivity contribution in [1.82, 2.24) is 0 Å². The summed E-state index contributed by atoms with van der Waals surface area (Å²) >= 11 is 0. The molecule has 1 fully saturated rings. The first-order valence-corrected chi connectivity index (χ1v) is 5.99. The van der Waals surface area contributed by atoms with Gasteiger partial charge in [-0.1, -0.05) is 0 Å². The molecule has 0 radical (unpaired) electrons. The highest BCUT2D eigenvalue weighted by molar-refractivity contribution is 6.03. The number of nitrogens with one attached hydrogen (secondary N) is 1. The van der Waals surface area contributed by atoms with Crippen LogP contribution in [0.15, 0.2) is 18.2 Å². The molecular weight excluding hydrogens is 230 g/mol. The lowest BCUT2D eigenvalue weighted by Crippen LogP contribution is -2.43. The van der Waals surface area contributed by atoms with Gasteiger partial charge in [0.05, 0.1) is 12.0 Å². The van der Waals surface area contributed by atoms with E-state index < -0.39 is 5.54 Å². The minimum Gasteiger partial charge on any atom is -0.326 e. The van der Waals surface area contributed by atoms with Crippen LogP contribution in [0, 0.1) is 0 Å². The van der Waals surface area contributed by atoms with Crippen molar-refractivity contribution in [2.75, 3.05) is 17.3 Å². The van der Waals surface area contributed by atoms with Crippen LogP contribution >= 0.6 is 0 Å². The average molecular weight is 245 g/mol. The molecule has 1 aliphatic heterocycles. The number of rotatable bonds is 2. The molecule has 1 aromatic carbocycles. The summed E-state index contributed by atoms with van der Waals surface area (Å²) in [5, 5.41) is 2.77. The van der Waals surface area contributed by atoms with Crippen LogP contribution in [0.3, 0.4) is 0 Å². The molecule has 3 rings (SSSR count). The van der Waals surface area contributed by atoms with Gasteiger partial charge in [-0.15, -0.1) is 0 Å². The molecule has 1 aliphatic carbocycles. The predicted octanol–water partition coefficient (Wildman–Crippen LogP) is 0.635. The number of hydrogen-bond donors (Lipinski definition) is 2. The zero-order chi connectivity index (χ0) is 12.9. The number of likely N-dealkylation sites (N-methyl/N-ethyl adjacent to an activating group) is 1. The second-order valence-corrected chi connectivity index (χ2v) is 5.09. The number of anilines is 2. The van der Waals surface area contributed by atoms with Crippen molar-refractivity contribution in [2.24, 2.45) is 5.73 Å². The number of benzene rings is 1. The van der Waals surface area contributed by atoms with Crippen LogP contribution in [-0.4, -0.2) is 24.4 Å². The van der Waals surface area contributed by atoms with E-state index in [-0.39, 0.29) is 11.8 Å². The van der Waals surface area contributed by atoms with E-state index in [9.17, 15) is 9.59 Å². The fourth-order valence-electron chi connectivity index (χ4n) is 2.22. The van der Waals surface area contributed by atoms with E-state index in [2.05, 4.69) is 5.32 Å². The second-order valence-electron chi connectivity index (χ2n) is 5.09. The predicted molar refractivity (Wildman–Crippen MR) is 68.3 cm³/mol. The number of amides is 2. The van der Waals surface area contributed by atoms with Gasteiger partial charge in [-0.25, -0.2) is 0 Å². The maximum Gasteiger partial charge on any atom is 0.246 e. The number of hydrogen-bond acceptors (Lipinski definition) is 3. The molecule has 5 nitrogen and oxygen atoms in total. The molecule has 1 aromatic rings. The molecule has 0 saturated heterocycles. The summed E-state index contributed by atoms with van der Waals surface area (Å²) in [5.74, 6) is -0.0617. The highest BCUT2D eigenvalue weighted by Gasteiger charge is 2.47. The van der Waals surface area contributed by atoms with E-state index in [4.69, 9.17) is 5.73 Å². The molecule has 0 atom stereocenters. The first-order chi connectivity index (χ1) is 8.49. The van der Waals surface area contributed by atoms with Crippen molar-refractivity contribution >= 4 is 23.2 Å². The Labute approximate surface area is 105 Å². The molecule has 1 heterocycles. The van der Waals surface area contributed by atoms with Gasteiger partial charge < -0.3 is 16.0 Å². The first-order valence-electron chi connectivity index (χ1n) is 5.99. The fourth-order valence-corrected chi connectivity index (χ4v) is 2.22. The largest absolute Gasteiger partial charge is 0.326 e. The maximum atomic E-state index is 12.1. The Bertz CT molecular complexity index is 549. The smallest absolute Gasteiger partial charge is 0.246 e. The zero-order valence-electron chi connectivity index (χ0n) is 10.2. The van der Waals surface area contributed by atoms with Gasteiger partial charge in [0, 0.05) is 18.4 Å². The summed E-state index contributed by atoms with van der Waals surface area (Å²) in [4.78, 5) is 25.0. The molecule has 2 amide bonds.